The van der Waals surface area contributed by atoms with Crippen LogP contribution < -0.4 is 16.5 Å². The molecule has 0 spiro atoms. The summed E-state index contributed by atoms with van der Waals surface area (Å²) in [7, 11) is 0. The molecule has 5 nitrogen and oxygen atoms in total. The first kappa shape index (κ1) is 4.92. The van der Waals surface area contributed by atoms with Crippen molar-refractivity contribution in [1.82, 2.24) is 21.5 Å². The summed E-state index contributed by atoms with van der Waals surface area (Å²) in [5.74, 6) is 0. The molecule has 1 saturated heterocycles. The highest BCUT2D eigenvalue weighted by atomic mass is 15.9. The average Bonchev–Trinajstić information content (AvgIpc) is 2.33. The Labute approximate surface area is 52.3 Å². The lowest BCUT2D eigenvalue weighted by Crippen LogP contribution is -2.35. The molecule has 2 aliphatic heterocycles. The smallest absolute Gasteiger partial charge is 0.203 e. The van der Waals surface area contributed by atoms with Gasteiger partial charge in [0.05, 0.1) is 0 Å². The Balaban J connectivity index is 2.18. The van der Waals surface area contributed by atoms with Crippen LogP contribution in [0.5, 0.6) is 0 Å². The molecule has 2 aliphatic rings. The summed E-state index contributed by atoms with van der Waals surface area (Å²) in [4.78, 5) is 4.07. The molecule has 0 aromatic carbocycles. The van der Waals surface area contributed by atoms with Crippen LogP contribution in [0.15, 0.2) is 17.3 Å². The van der Waals surface area contributed by atoms with E-state index in [9.17, 15) is 0 Å². The molecule has 0 amide bonds. The Kier molecular flexibility index (Phi) is 0.984. The second-order valence-electron chi connectivity index (χ2n) is 1.80. The Morgan fingerprint density at radius 2 is 2.56 bits per heavy atom. The number of nitrogens with one attached hydrogen (secondary N) is 3. The zero-order valence-corrected chi connectivity index (χ0v) is 4.70. The van der Waals surface area contributed by atoms with Crippen LogP contribution in [0, 0.1) is 0 Å². The number of aliphatic imine (C=N–C) groups is 1. The van der Waals surface area contributed by atoms with Crippen molar-refractivity contribution in [2.45, 2.75) is 6.29 Å². The first-order valence-electron chi connectivity index (χ1n) is 2.71. The van der Waals surface area contributed by atoms with Crippen molar-refractivity contribution in [3.05, 3.63) is 12.3 Å². The fourth-order valence-electron chi connectivity index (χ4n) is 0.782. The van der Waals surface area contributed by atoms with Gasteiger partial charge in [0.25, 0.3) is 0 Å². The molecule has 0 bridgehead atoms. The SMILES string of the molecule is C1=CN2NNNC2N=C1. The number of allylic oxidation sites excluding steroid dienone is 1. The molecule has 0 aromatic heterocycles. The molecule has 2 rings (SSSR count). The fourth-order valence-corrected chi connectivity index (χ4v) is 0.782. The average molecular weight is 125 g/mol. The van der Waals surface area contributed by atoms with Crippen LogP contribution in [0.25, 0.3) is 0 Å². The van der Waals surface area contributed by atoms with E-state index in [4.69, 9.17) is 0 Å². The normalized spacial score (nSPS) is 31.1. The molecule has 0 aromatic rings. The van der Waals surface area contributed by atoms with Crippen molar-refractivity contribution in [2.24, 2.45) is 4.99 Å². The first-order chi connectivity index (χ1) is 4.47. The van der Waals surface area contributed by atoms with Crippen LogP contribution in [0.3, 0.4) is 0 Å². The monoisotopic (exact) mass is 125 g/mol. The molecule has 1 unspecified atom stereocenters. The molecule has 2 heterocycles. The predicted molar refractivity (Wildman–Crippen MR) is 32.7 cm³/mol. The van der Waals surface area contributed by atoms with Crippen LogP contribution in [-0.4, -0.2) is 17.5 Å². The Morgan fingerprint density at radius 1 is 1.56 bits per heavy atom. The molecular weight excluding hydrogens is 118 g/mol. The van der Waals surface area contributed by atoms with Crippen LogP contribution in [-0.2, 0) is 0 Å². The number of nitrogens with zero attached hydrogens (tertiary/aromatic N) is 2. The van der Waals surface area contributed by atoms with Gasteiger partial charge in [0.1, 0.15) is 0 Å². The van der Waals surface area contributed by atoms with E-state index in [0.29, 0.717) is 0 Å². The quantitative estimate of drug-likeness (QED) is 0.376. The second kappa shape index (κ2) is 1.80. The largest absolute Gasteiger partial charge is 0.262 e. The minimum absolute atomic E-state index is 0.00926. The van der Waals surface area contributed by atoms with Crippen molar-refractivity contribution >= 4 is 6.21 Å². The van der Waals surface area contributed by atoms with Crippen LogP contribution in [0.2, 0.25) is 0 Å². The number of hydrogen-bond donors (Lipinski definition) is 3. The van der Waals surface area contributed by atoms with E-state index in [1.54, 1.807) is 6.21 Å². The van der Waals surface area contributed by atoms with E-state index < -0.39 is 0 Å². The van der Waals surface area contributed by atoms with E-state index in [-0.39, 0.29) is 6.29 Å². The van der Waals surface area contributed by atoms with E-state index >= 15 is 0 Å². The van der Waals surface area contributed by atoms with Gasteiger partial charge in [0, 0.05) is 12.4 Å². The lowest BCUT2D eigenvalue weighted by molar-refractivity contribution is 0.262. The fraction of sp³-hybridized carbons (Fsp3) is 0.250. The van der Waals surface area contributed by atoms with Gasteiger partial charge in [0.15, 0.2) is 0 Å². The number of hydrogen-bond acceptors (Lipinski definition) is 5. The Hall–Kier alpha value is -0.910. The van der Waals surface area contributed by atoms with Crippen molar-refractivity contribution < 1.29 is 0 Å². The van der Waals surface area contributed by atoms with Crippen LogP contribution >= 0.6 is 0 Å². The highest BCUT2D eigenvalue weighted by Gasteiger charge is 2.19. The Bertz CT molecular complexity index is 144. The summed E-state index contributed by atoms with van der Waals surface area (Å²) in [6.45, 7) is 0. The summed E-state index contributed by atoms with van der Waals surface area (Å²) in [5, 5.41) is 1.82. The standard InChI is InChI=1S/C4H7N5/c1-2-5-4-6-7-8-9(4)3-1/h1-4,6-8H. The molecule has 1 fully saturated rings. The summed E-state index contributed by atoms with van der Waals surface area (Å²) in [6, 6.07) is 0. The molecular formula is C4H7N5. The summed E-state index contributed by atoms with van der Waals surface area (Å²) in [6.07, 6.45) is 5.51. The van der Waals surface area contributed by atoms with Gasteiger partial charge in [-0.1, -0.05) is 0 Å². The van der Waals surface area contributed by atoms with Gasteiger partial charge in [0.2, 0.25) is 6.29 Å². The molecule has 5 heteroatoms. The maximum atomic E-state index is 4.07. The number of rotatable bonds is 0. The van der Waals surface area contributed by atoms with Crippen LogP contribution in [0.4, 0.5) is 0 Å². The van der Waals surface area contributed by atoms with Gasteiger partial charge in [-0.25, -0.2) is 0 Å². The molecule has 48 valence electrons. The zero-order valence-electron chi connectivity index (χ0n) is 4.70. The number of hydrazine groups is 3. The molecule has 9 heavy (non-hydrogen) atoms. The highest BCUT2D eigenvalue weighted by Crippen LogP contribution is 2.00. The molecule has 0 radical (unpaired) electrons. The lowest BCUT2D eigenvalue weighted by Gasteiger charge is -2.17. The third-order valence-electron chi connectivity index (χ3n) is 1.21. The third kappa shape index (κ3) is 0.710. The molecule has 3 N–H and O–H groups in total. The van der Waals surface area contributed by atoms with Gasteiger partial charge in [-0.3, -0.25) is 10.0 Å². The van der Waals surface area contributed by atoms with Gasteiger partial charge in [-0.05, 0) is 6.08 Å². The maximum Gasteiger partial charge on any atom is 0.203 e. The second-order valence-corrected chi connectivity index (χ2v) is 1.80. The number of fused-ring (bicyclic) bond motifs is 1. The molecule has 0 saturated carbocycles. The van der Waals surface area contributed by atoms with E-state index in [2.05, 4.69) is 21.5 Å². The van der Waals surface area contributed by atoms with Gasteiger partial charge in [-0.15, -0.1) is 0 Å². The minimum Gasteiger partial charge on any atom is -0.262 e. The topological polar surface area (TPSA) is 51.7 Å². The summed E-state index contributed by atoms with van der Waals surface area (Å²) >= 11 is 0. The summed E-state index contributed by atoms with van der Waals surface area (Å²) < 4.78 is 0. The maximum absolute atomic E-state index is 4.07. The highest BCUT2D eigenvalue weighted by molar-refractivity contribution is 5.71. The lowest BCUT2D eigenvalue weighted by atomic mass is 10.5. The van der Waals surface area contributed by atoms with Crippen LogP contribution in [0.1, 0.15) is 0 Å². The van der Waals surface area contributed by atoms with Crippen molar-refractivity contribution in [3.63, 3.8) is 0 Å². The summed E-state index contributed by atoms with van der Waals surface area (Å²) in [5.41, 5.74) is 8.43. The van der Waals surface area contributed by atoms with Crippen molar-refractivity contribution in [2.75, 3.05) is 0 Å². The van der Waals surface area contributed by atoms with Gasteiger partial charge >= 0.3 is 0 Å². The van der Waals surface area contributed by atoms with E-state index in [1.165, 1.54) is 0 Å². The first-order valence-corrected chi connectivity index (χ1v) is 2.71. The van der Waals surface area contributed by atoms with Gasteiger partial charge in [-0.2, -0.15) is 16.5 Å². The van der Waals surface area contributed by atoms with E-state index in [1.807, 2.05) is 17.3 Å². The molecule has 0 aliphatic carbocycles. The third-order valence-corrected chi connectivity index (χ3v) is 1.21. The van der Waals surface area contributed by atoms with Crippen molar-refractivity contribution in [3.8, 4) is 0 Å². The van der Waals surface area contributed by atoms with Gasteiger partial charge < -0.3 is 0 Å². The predicted octanol–water partition coefficient (Wildman–Crippen LogP) is -1.30. The zero-order chi connectivity index (χ0) is 6.10. The molecule has 1 atom stereocenters. The minimum atomic E-state index is 0.00926. The van der Waals surface area contributed by atoms with E-state index in [0.717, 1.165) is 0 Å². The van der Waals surface area contributed by atoms with Crippen molar-refractivity contribution in [1.29, 1.82) is 0 Å². The Morgan fingerprint density at radius 3 is 3.44 bits per heavy atom.